The van der Waals surface area contributed by atoms with E-state index < -0.39 is 0 Å². The summed E-state index contributed by atoms with van der Waals surface area (Å²) < 4.78 is 1.82. The van der Waals surface area contributed by atoms with Crippen LogP contribution in [-0.2, 0) is 16.0 Å². The van der Waals surface area contributed by atoms with Crippen molar-refractivity contribution < 1.29 is 9.59 Å². The fraction of sp³-hybridized carbons (Fsp3) is 0.115. The minimum Gasteiger partial charge on any atom is -0.322 e. The predicted molar refractivity (Wildman–Crippen MR) is 137 cm³/mol. The zero-order valence-corrected chi connectivity index (χ0v) is 19.4. The summed E-state index contributed by atoms with van der Waals surface area (Å²) in [6.45, 7) is 0.736. The van der Waals surface area contributed by atoms with Crippen LogP contribution in [0.5, 0.6) is 0 Å². The number of aromatic nitrogens is 1. The number of thiazole rings is 1. The maximum Gasteiger partial charge on any atom is 0.248 e. The Morgan fingerprint density at radius 3 is 2.76 bits per heavy atom. The number of carbonyl (C=O) groups excluding carboxylic acids is 2. The fourth-order valence-corrected chi connectivity index (χ4v) is 5.75. The number of benzene rings is 3. The van der Waals surface area contributed by atoms with Gasteiger partial charge in [0.1, 0.15) is 0 Å². The van der Waals surface area contributed by atoms with Gasteiger partial charge < -0.3 is 10.2 Å². The first-order valence-corrected chi connectivity index (χ1v) is 12.4. The average Bonchev–Trinajstić information content (AvgIpc) is 3.45. The lowest BCUT2D eigenvalue weighted by Crippen LogP contribution is -2.30. The highest BCUT2D eigenvalue weighted by Gasteiger charge is 2.24. The third-order valence-electron chi connectivity index (χ3n) is 5.37. The highest BCUT2D eigenvalue weighted by atomic mass is 32.2. The molecule has 1 aromatic heterocycles. The van der Waals surface area contributed by atoms with E-state index in [0.29, 0.717) is 5.75 Å². The lowest BCUT2D eigenvalue weighted by molar-refractivity contribution is -0.116. The number of hydrogen-bond acceptors (Lipinski definition) is 5. The summed E-state index contributed by atoms with van der Waals surface area (Å²) in [4.78, 5) is 31.5. The van der Waals surface area contributed by atoms with Crippen LogP contribution in [0.2, 0.25) is 0 Å². The van der Waals surface area contributed by atoms with Crippen LogP contribution in [-0.4, -0.2) is 29.1 Å². The van der Waals surface area contributed by atoms with Crippen LogP contribution in [0.1, 0.15) is 11.1 Å². The van der Waals surface area contributed by atoms with E-state index in [1.807, 2.05) is 71.6 Å². The van der Waals surface area contributed by atoms with E-state index >= 15 is 0 Å². The van der Waals surface area contributed by atoms with Gasteiger partial charge in [0.2, 0.25) is 11.8 Å². The number of nitrogens with zero attached hydrogens (tertiary/aromatic N) is 2. The highest BCUT2D eigenvalue weighted by molar-refractivity contribution is 8.01. The van der Waals surface area contributed by atoms with Crippen molar-refractivity contribution in [1.82, 2.24) is 4.98 Å². The van der Waals surface area contributed by atoms with E-state index in [-0.39, 0.29) is 11.8 Å². The molecule has 0 fully saturated rings. The second-order valence-electron chi connectivity index (χ2n) is 7.61. The second kappa shape index (κ2) is 9.60. The molecule has 33 heavy (non-hydrogen) atoms. The smallest absolute Gasteiger partial charge is 0.248 e. The molecular formula is C26H21N3O2S2. The minimum absolute atomic E-state index is 0.0994. The van der Waals surface area contributed by atoms with Crippen molar-refractivity contribution in [3.63, 3.8) is 0 Å². The molecule has 0 saturated heterocycles. The monoisotopic (exact) mass is 471 g/mol. The second-order valence-corrected chi connectivity index (χ2v) is 9.86. The highest BCUT2D eigenvalue weighted by Crippen LogP contribution is 2.33. The van der Waals surface area contributed by atoms with Crippen molar-refractivity contribution in [3.8, 4) is 0 Å². The third kappa shape index (κ3) is 4.99. The molecule has 2 heterocycles. The van der Waals surface area contributed by atoms with Crippen LogP contribution >= 0.6 is 23.1 Å². The Hall–Kier alpha value is -3.42. The maximum absolute atomic E-state index is 12.8. The molecule has 5 nitrogen and oxygen atoms in total. The Morgan fingerprint density at radius 2 is 1.88 bits per heavy atom. The molecule has 0 saturated carbocycles. The van der Waals surface area contributed by atoms with E-state index in [4.69, 9.17) is 0 Å². The molecule has 7 heteroatoms. The Kier molecular flexibility index (Phi) is 6.24. The van der Waals surface area contributed by atoms with Crippen LogP contribution in [0.4, 0.5) is 11.4 Å². The van der Waals surface area contributed by atoms with Crippen molar-refractivity contribution in [2.75, 3.05) is 22.5 Å². The molecule has 0 bridgehead atoms. The molecule has 164 valence electrons. The topological polar surface area (TPSA) is 62.3 Å². The molecule has 0 aliphatic carbocycles. The lowest BCUT2D eigenvalue weighted by Gasteiger charge is -2.16. The Morgan fingerprint density at radius 1 is 1.06 bits per heavy atom. The molecule has 1 aliphatic rings. The number of anilines is 2. The number of fused-ring (bicyclic) bond motifs is 2. The van der Waals surface area contributed by atoms with Crippen LogP contribution in [0, 0.1) is 0 Å². The fourth-order valence-electron chi connectivity index (χ4n) is 3.76. The first-order chi connectivity index (χ1) is 16.2. The summed E-state index contributed by atoms with van der Waals surface area (Å²) in [6.07, 6.45) is 4.21. The molecule has 5 rings (SSSR count). The molecule has 0 radical (unpaired) electrons. The molecule has 1 aliphatic heterocycles. The van der Waals surface area contributed by atoms with Gasteiger partial charge in [-0.25, -0.2) is 4.98 Å². The molecule has 1 N–H and O–H groups in total. The molecular weight excluding hydrogens is 450 g/mol. The molecule has 2 amide bonds. The summed E-state index contributed by atoms with van der Waals surface area (Å²) >= 11 is 2.99. The van der Waals surface area contributed by atoms with Crippen LogP contribution in [0.15, 0.2) is 83.2 Å². The van der Waals surface area contributed by atoms with Crippen molar-refractivity contribution in [3.05, 3.63) is 90.0 Å². The molecule has 0 atom stereocenters. The van der Waals surface area contributed by atoms with Gasteiger partial charge in [-0.05, 0) is 47.9 Å². The first-order valence-electron chi connectivity index (χ1n) is 10.6. The molecule has 0 unspecified atom stereocenters. The zero-order valence-electron chi connectivity index (χ0n) is 17.7. The van der Waals surface area contributed by atoms with Gasteiger partial charge in [-0.1, -0.05) is 60.3 Å². The number of amides is 2. The number of carbonyl (C=O) groups is 2. The van der Waals surface area contributed by atoms with Gasteiger partial charge in [0.25, 0.3) is 0 Å². The van der Waals surface area contributed by atoms with E-state index in [2.05, 4.69) is 16.4 Å². The van der Waals surface area contributed by atoms with E-state index in [1.165, 1.54) is 34.7 Å². The van der Waals surface area contributed by atoms with Crippen LogP contribution < -0.4 is 10.2 Å². The van der Waals surface area contributed by atoms with Gasteiger partial charge in [-0.2, -0.15) is 0 Å². The average molecular weight is 472 g/mol. The SMILES string of the molecule is O=C(/C=C/c1ccccc1)Nc1ccc2nc(SCC(=O)N3CCc4ccccc43)sc2c1. The molecule has 0 spiro atoms. The zero-order chi connectivity index (χ0) is 22.6. The summed E-state index contributed by atoms with van der Waals surface area (Å²) in [5.74, 6) is 0.262. The van der Waals surface area contributed by atoms with Gasteiger partial charge in [-0.15, -0.1) is 11.3 Å². The number of nitrogens with one attached hydrogen (secondary N) is 1. The third-order valence-corrected chi connectivity index (χ3v) is 7.52. The molecule has 3 aromatic carbocycles. The van der Waals surface area contributed by atoms with Gasteiger partial charge in [0, 0.05) is 24.0 Å². The Labute approximate surface area is 200 Å². The molecule has 4 aromatic rings. The number of hydrogen-bond donors (Lipinski definition) is 1. The van der Waals surface area contributed by atoms with Crippen molar-refractivity contribution in [2.45, 2.75) is 10.8 Å². The largest absolute Gasteiger partial charge is 0.322 e. The lowest BCUT2D eigenvalue weighted by atomic mass is 10.2. The normalized spacial score (nSPS) is 12.9. The summed E-state index contributed by atoms with van der Waals surface area (Å²) in [5.41, 5.74) is 4.80. The van der Waals surface area contributed by atoms with Crippen LogP contribution in [0.25, 0.3) is 16.3 Å². The predicted octanol–water partition coefficient (Wildman–Crippen LogP) is 5.63. The van der Waals surface area contributed by atoms with E-state index in [9.17, 15) is 9.59 Å². The quantitative estimate of drug-likeness (QED) is 0.292. The summed E-state index contributed by atoms with van der Waals surface area (Å²) in [7, 11) is 0. The summed E-state index contributed by atoms with van der Waals surface area (Å²) in [5, 5.41) is 2.90. The van der Waals surface area contributed by atoms with Crippen LogP contribution in [0.3, 0.4) is 0 Å². The maximum atomic E-state index is 12.8. The first kappa shape index (κ1) is 21.4. The Bertz CT molecular complexity index is 1350. The number of rotatable bonds is 6. The number of para-hydroxylation sites is 1. The standard InChI is InChI=1S/C26H21N3O2S2/c30-24(13-10-18-6-2-1-3-7-18)27-20-11-12-21-23(16-20)33-26(28-21)32-17-25(31)29-15-14-19-8-4-5-9-22(19)29/h1-13,16H,14-15,17H2,(H,27,30)/b13-10+. The van der Waals surface area contributed by atoms with Gasteiger partial charge in [-0.3, -0.25) is 9.59 Å². The van der Waals surface area contributed by atoms with Gasteiger partial charge in [0.05, 0.1) is 16.0 Å². The summed E-state index contributed by atoms with van der Waals surface area (Å²) in [6, 6.07) is 23.4. The minimum atomic E-state index is -0.186. The Balaban J connectivity index is 1.21. The van der Waals surface area contributed by atoms with Gasteiger partial charge >= 0.3 is 0 Å². The van der Waals surface area contributed by atoms with E-state index in [1.54, 1.807) is 6.08 Å². The number of thioether (sulfide) groups is 1. The van der Waals surface area contributed by atoms with E-state index in [0.717, 1.165) is 44.5 Å². The van der Waals surface area contributed by atoms with Crippen molar-refractivity contribution >= 4 is 62.6 Å². The van der Waals surface area contributed by atoms with Gasteiger partial charge in [0.15, 0.2) is 4.34 Å². The van der Waals surface area contributed by atoms with Crippen molar-refractivity contribution in [1.29, 1.82) is 0 Å². The van der Waals surface area contributed by atoms with Crippen molar-refractivity contribution in [2.24, 2.45) is 0 Å².